The summed E-state index contributed by atoms with van der Waals surface area (Å²) in [6, 6.07) is 12.0. The van der Waals surface area contributed by atoms with Gasteiger partial charge in [-0.05, 0) is 24.5 Å². The molecular weight excluding hydrogens is 368 g/mol. The van der Waals surface area contributed by atoms with Crippen LogP contribution in [0.5, 0.6) is 0 Å². The van der Waals surface area contributed by atoms with Gasteiger partial charge in [-0.1, -0.05) is 30.3 Å². The molecule has 0 saturated carbocycles. The Kier molecular flexibility index (Phi) is 6.59. The van der Waals surface area contributed by atoms with Gasteiger partial charge < -0.3 is 19.6 Å². The summed E-state index contributed by atoms with van der Waals surface area (Å²) in [4.78, 5) is 17.5. The molecule has 2 aromatic rings. The van der Waals surface area contributed by atoms with Gasteiger partial charge in [0, 0.05) is 51.5 Å². The van der Waals surface area contributed by atoms with Crippen LogP contribution >= 0.6 is 0 Å². The largest absolute Gasteiger partial charge is 0.393 e. The second-order valence-electron chi connectivity index (χ2n) is 7.90. The third kappa shape index (κ3) is 5.04. The second-order valence-corrected chi connectivity index (χ2v) is 7.90. The number of hydrogen-bond acceptors (Lipinski definition) is 5. The number of nitrogens with zero attached hydrogens (tertiary/aromatic N) is 4. The molecule has 3 heterocycles. The predicted octanol–water partition coefficient (Wildman–Crippen LogP) is 1.70. The second kappa shape index (κ2) is 9.52. The molecule has 4 rings (SSSR count). The number of rotatable bonds is 6. The van der Waals surface area contributed by atoms with Crippen molar-refractivity contribution in [2.75, 3.05) is 32.8 Å². The maximum absolute atomic E-state index is 13.1. The maximum atomic E-state index is 13.1. The predicted molar refractivity (Wildman–Crippen MR) is 109 cm³/mol. The van der Waals surface area contributed by atoms with Crippen LogP contribution in [0.2, 0.25) is 0 Å². The Balaban J connectivity index is 1.49. The number of aliphatic hydroxyl groups is 1. The number of morpholine rings is 1. The van der Waals surface area contributed by atoms with E-state index >= 15 is 0 Å². The van der Waals surface area contributed by atoms with Crippen LogP contribution in [0.15, 0.2) is 48.8 Å². The normalized spacial score (nSPS) is 24.0. The molecule has 0 unspecified atom stereocenters. The molecule has 2 aliphatic heterocycles. The van der Waals surface area contributed by atoms with Crippen molar-refractivity contribution in [1.29, 1.82) is 0 Å². The summed E-state index contributed by atoms with van der Waals surface area (Å²) in [6.45, 7) is 4.25. The first-order valence-electron chi connectivity index (χ1n) is 10.5. The van der Waals surface area contributed by atoms with Crippen molar-refractivity contribution in [3.63, 3.8) is 0 Å². The number of aromatic nitrogens is 2. The van der Waals surface area contributed by atoms with Gasteiger partial charge in [0.25, 0.3) is 0 Å². The fourth-order valence-electron chi connectivity index (χ4n) is 4.35. The summed E-state index contributed by atoms with van der Waals surface area (Å²) in [7, 11) is 0. The van der Waals surface area contributed by atoms with E-state index in [2.05, 4.69) is 22.1 Å². The zero-order valence-electron chi connectivity index (χ0n) is 16.8. The lowest BCUT2D eigenvalue weighted by molar-refractivity contribution is -0.149. The molecular formula is C22H30N4O3. The number of ether oxygens (including phenoxy) is 1. The van der Waals surface area contributed by atoms with E-state index < -0.39 is 0 Å². The van der Waals surface area contributed by atoms with Crippen molar-refractivity contribution in [2.24, 2.45) is 0 Å². The van der Waals surface area contributed by atoms with Crippen molar-refractivity contribution < 1.29 is 14.6 Å². The van der Waals surface area contributed by atoms with Crippen molar-refractivity contribution in [1.82, 2.24) is 19.6 Å². The van der Waals surface area contributed by atoms with Crippen molar-refractivity contribution in [3.05, 3.63) is 54.4 Å². The summed E-state index contributed by atoms with van der Waals surface area (Å²) < 4.78 is 7.99. The number of carbonyl (C=O) groups is 1. The number of likely N-dealkylation sites (tertiary alicyclic amines) is 1. The molecule has 2 atom stereocenters. The average molecular weight is 399 g/mol. The van der Waals surface area contributed by atoms with E-state index in [-0.39, 0.29) is 24.2 Å². The van der Waals surface area contributed by atoms with E-state index in [0.29, 0.717) is 26.1 Å². The van der Waals surface area contributed by atoms with E-state index in [1.54, 1.807) is 10.9 Å². The molecule has 29 heavy (non-hydrogen) atoms. The molecule has 156 valence electrons. The Bertz CT molecular complexity index is 760. The standard InChI is InChI=1S/C22H30N4O3/c27-19-7-12-24(13-8-19)17-20-22(18-5-2-1-3-6-18)26(15-16-29-20)21(28)9-14-25-11-4-10-23-25/h1-6,10-11,19-20,22,27H,7-9,12-17H2/t20-,22-/m0/s1. The molecule has 0 spiro atoms. The van der Waals surface area contributed by atoms with Crippen LogP contribution < -0.4 is 0 Å². The average Bonchev–Trinajstić information content (AvgIpc) is 3.28. The lowest BCUT2D eigenvalue weighted by Crippen LogP contribution is -2.53. The van der Waals surface area contributed by atoms with E-state index in [1.165, 1.54) is 0 Å². The summed E-state index contributed by atoms with van der Waals surface area (Å²) in [5.74, 6) is 0.136. The van der Waals surface area contributed by atoms with Gasteiger partial charge in [-0.2, -0.15) is 5.10 Å². The molecule has 0 bridgehead atoms. The van der Waals surface area contributed by atoms with Crippen LogP contribution in [0, 0.1) is 0 Å². The first-order chi connectivity index (χ1) is 14.2. The molecule has 1 aromatic heterocycles. The van der Waals surface area contributed by atoms with Crippen LogP contribution in [0.4, 0.5) is 0 Å². The SMILES string of the molecule is O=C(CCn1cccn1)N1CCO[C@@H](CN2CCC(O)CC2)[C@@H]1c1ccccc1. The van der Waals surface area contributed by atoms with E-state index in [0.717, 1.165) is 38.0 Å². The Labute approximate surface area is 171 Å². The van der Waals surface area contributed by atoms with Gasteiger partial charge in [-0.15, -0.1) is 0 Å². The third-order valence-electron chi connectivity index (χ3n) is 5.92. The zero-order valence-corrected chi connectivity index (χ0v) is 16.8. The van der Waals surface area contributed by atoms with E-state index in [1.807, 2.05) is 35.4 Å². The number of benzene rings is 1. The Morgan fingerprint density at radius 1 is 1.14 bits per heavy atom. The number of amides is 1. The van der Waals surface area contributed by atoms with E-state index in [4.69, 9.17) is 4.74 Å². The van der Waals surface area contributed by atoms with Crippen molar-refractivity contribution >= 4 is 5.91 Å². The maximum Gasteiger partial charge on any atom is 0.225 e. The van der Waals surface area contributed by atoms with Crippen molar-refractivity contribution in [2.45, 2.75) is 44.1 Å². The number of aryl methyl sites for hydroxylation is 1. The van der Waals surface area contributed by atoms with Gasteiger partial charge in [-0.25, -0.2) is 0 Å². The highest BCUT2D eigenvalue weighted by Gasteiger charge is 2.37. The van der Waals surface area contributed by atoms with Crippen LogP contribution in [0.3, 0.4) is 0 Å². The number of carbonyl (C=O) groups excluding carboxylic acids is 1. The van der Waals surface area contributed by atoms with E-state index in [9.17, 15) is 9.90 Å². The Morgan fingerprint density at radius 3 is 2.66 bits per heavy atom. The van der Waals surface area contributed by atoms with Crippen LogP contribution in [-0.2, 0) is 16.1 Å². The molecule has 2 fully saturated rings. The molecule has 2 aliphatic rings. The summed E-state index contributed by atoms with van der Waals surface area (Å²) >= 11 is 0. The van der Waals surface area contributed by atoms with Gasteiger partial charge >= 0.3 is 0 Å². The van der Waals surface area contributed by atoms with Crippen LogP contribution in [-0.4, -0.2) is 75.6 Å². The van der Waals surface area contributed by atoms with Gasteiger partial charge in [-0.3, -0.25) is 9.48 Å². The smallest absolute Gasteiger partial charge is 0.225 e. The summed E-state index contributed by atoms with van der Waals surface area (Å²) in [6.07, 6.45) is 5.38. The highest BCUT2D eigenvalue weighted by Crippen LogP contribution is 2.31. The Hall–Kier alpha value is -2.22. The zero-order chi connectivity index (χ0) is 20.1. The molecule has 2 saturated heterocycles. The fourth-order valence-corrected chi connectivity index (χ4v) is 4.35. The minimum absolute atomic E-state index is 0.0740. The first kappa shape index (κ1) is 20.1. The summed E-state index contributed by atoms with van der Waals surface area (Å²) in [5.41, 5.74) is 1.11. The van der Waals surface area contributed by atoms with Gasteiger partial charge in [0.2, 0.25) is 5.91 Å². The van der Waals surface area contributed by atoms with Gasteiger partial charge in [0.15, 0.2) is 0 Å². The quantitative estimate of drug-likeness (QED) is 0.802. The molecule has 7 heteroatoms. The first-order valence-corrected chi connectivity index (χ1v) is 10.5. The van der Waals surface area contributed by atoms with Crippen molar-refractivity contribution in [3.8, 4) is 0 Å². The number of aliphatic hydroxyl groups excluding tert-OH is 1. The monoisotopic (exact) mass is 398 g/mol. The molecule has 0 radical (unpaired) electrons. The molecule has 1 N–H and O–H groups in total. The van der Waals surface area contributed by atoms with Crippen LogP contribution in [0.1, 0.15) is 30.9 Å². The fraction of sp³-hybridized carbons (Fsp3) is 0.545. The highest BCUT2D eigenvalue weighted by molar-refractivity contribution is 5.77. The summed E-state index contributed by atoms with van der Waals surface area (Å²) in [5, 5.41) is 14.0. The van der Waals surface area contributed by atoms with Gasteiger partial charge in [0.1, 0.15) is 0 Å². The highest BCUT2D eigenvalue weighted by atomic mass is 16.5. The molecule has 7 nitrogen and oxygen atoms in total. The lowest BCUT2D eigenvalue weighted by atomic mass is 9.96. The third-order valence-corrected chi connectivity index (χ3v) is 5.92. The van der Waals surface area contributed by atoms with Gasteiger partial charge in [0.05, 0.1) is 24.9 Å². The van der Waals surface area contributed by atoms with Crippen LogP contribution in [0.25, 0.3) is 0 Å². The number of piperidine rings is 1. The Morgan fingerprint density at radius 2 is 1.93 bits per heavy atom. The minimum atomic E-state index is -0.191. The minimum Gasteiger partial charge on any atom is -0.393 e. The lowest BCUT2D eigenvalue weighted by Gasteiger charge is -2.44. The number of hydrogen-bond donors (Lipinski definition) is 1. The molecule has 1 amide bonds. The molecule has 0 aliphatic carbocycles. The molecule has 1 aromatic carbocycles. The topological polar surface area (TPSA) is 70.8 Å².